The van der Waals surface area contributed by atoms with Crippen LogP contribution in [-0.2, 0) is 40.0 Å². The molecule has 0 spiro atoms. The highest BCUT2D eigenvalue weighted by Crippen LogP contribution is 2.22. The number of carbonyl (C=O) groups excluding carboxylic acids is 5. The predicted molar refractivity (Wildman–Crippen MR) is 188 cm³/mol. The molecule has 10 N–H and O–H groups in total. The van der Waals surface area contributed by atoms with Crippen LogP contribution in [0.2, 0.25) is 0 Å². The van der Waals surface area contributed by atoms with Gasteiger partial charge in [0.25, 0.3) is 0 Å². The van der Waals surface area contributed by atoms with Gasteiger partial charge in [-0.05, 0) is 49.1 Å². The molecule has 5 amide bonds. The summed E-state index contributed by atoms with van der Waals surface area (Å²) in [5, 5.41) is 39.9. The molecule has 0 radical (unpaired) electrons. The Morgan fingerprint density at radius 2 is 1.52 bits per heavy atom. The molecule has 1 aromatic heterocycles. The van der Waals surface area contributed by atoms with Crippen molar-refractivity contribution in [1.29, 1.82) is 0 Å². The van der Waals surface area contributed by atoms with Crippen LogP contribution in [0.3, 0.4) is 0 Å². The van der Waals surface area contributed by atoms with Crippen LogP contribution in [0.25, 0.3) is 10.9 Å². The SMILES string of the molecule is CC(C)C[C@H](NC(=O)[C@H](CO)NC(=O)[C@@H](N)C(C)C)C(=O)N1CCC[C@H]1C(=O)N[C@@H](CCC(=O)O)C(=O)N[C@@H](Cc1c[nH]c2ccccc12)C(=O)O. The van der Waals surface area contributed by atoms with Crippen LogP contribution in [0.4, 0.5) is 0 Å². The van der Waals surface area contributed by atoms with Gasteiger partial charge >= 0.3 is 11.9 Å². The molecule has 17 heteroatoms. The van der Waals surface area contributed by atoms with Crippen molar-refractivity contribution in [1.82, 2.24) is 31.2 Å². The first-order chi connectivity index (χ1) is 24.5. The number of carboxylic acid groups (broad SMARTS) is 2. The van der Waals surface area contributed by atoms with E-state index in [4.69, 9.17) is 5.73 Å². The topological polar surface area (TPSA) is 273 Å². The number of aliphatic carboxylic acids is 2. The number of para-hydroxylation sites is 1. The molecule has 0 aliphatic carbocycles. The van der Waals surface area contributed by atoms with Crippen molar-refractivity contribution in [3.63, 3.8) is 0 Å². The number of aliphatic hydroxyl groups excluding tert-OH is 1. The highest BCUT2D eigenvalue weighted by Gasteiger charge is 2.40. The number of nitrogens with one attached hydrogen (secondary N) is 5. The summed E-state index contributed by atoms with van der Waals surface area (Å²) < 4.78 is 0. The molecule has 286 valence electrons. The zero-order chi connectivity index (χ0) is 38.7. The largest absolute Gasteiger partial charge is 0.481 e. The van der Waals surface area contributed by atoms with E-state index in [1.165, 1.54) is 4.90 Å². The van der Waals surface area contributed by atoms with Gasteiger partial charge in [-0.25, -0.2) is 4.79 Å². The lowest BCUT2D eigenvalue weighted by molar-refractivity contribution is -0.144. The van der Waals surface area contributed by atoms with Gasteiger partial charge in [0, 0.05) is 36.5 Å². The number of rotatable bonds is 19. The van der Waals surface area contributed by atoms with Crippen molar-refractivity contribution in [3.05, 3.63) is 36.0 Å². The first kappa shape index (κ1) is 41.4. The van der Waals surface area contributed by atoms with E-state index in [0.29, 0.717) is 12.0 Å². The maximum absolute atomic E-state index is 13.9. The van der Waals surface area contributed by atoms with Crippen LogP contribution >= 0.6 is 0 Å². The van der Waals surface area contributed by atoms with E-state index >= 15 is 0 Å². The number of amides is 5. The Labute approximate surface area is 301 Å². The molecular weight excluding hydrogens is 678 g/mol. The number of H-pyrrole nitrogens is 1. The molecule has 0 bridgehead atoms. The van der Waals surface area contributed by atoms with Crippen LogP contribution in [0.15, 0.2) is 30.5 Å². The van der Waals surface area contributed by atoms with Gasteiger partial charge < -0.3 is 52.2 Å². The van der Waals surface area contributed by atoms with E-state index in [0.717, 1.165) is 10.9 Å². The first-order valence-corrected chi connectivity index (χ1v) is 17.4. The Morgan fingerprint density at radius 1 is 0.885 bits per heavy atom. The maximum Gasteiger partial charge on any atom is 0.326 e. The molecule has 0 saturated carbocycles. The third kappa shape index (κ3) is 11.2. The molecule has 2 aromatic rings. The van der Waals surface area contributed by atoms with Gasteiger partial charge in [0.1, 0.15) is 30.2 Å². The molecular formula is C35H51N7O10. The van der Waals surface area contributed by atoms with Crippen molar-refractivity contribution in [2.45, 2.75) is 102 Å². The number of aromatic nitrogens is 1. The summed E-state index contributed by atoms with van der Waals surface area (Å²) in [6.45, 7) is 6.47. The van der Waals surface area contributed by atoms with Crippen molar-refractivity contribution in [2.75, 3.05) is 13.2 Å². The third-order valence-electron chi connectivity index (χ3n) is 8.99. The Hall–Kier alpha value is -5.03. The average molecular weight is 730 g/mol. The lowest BCUT2D eigenvalue weighted by atomic mass is 10.0. The van der Waals surface area contributed by atoms with E-state index in [2.05, 4.69) is 26.3 Å². The van der Waals surface area contributed by atoms with Crippen LogP contribution in [-0.4, -0.2) is 116 Å². The Bertz CT molecular complexity index is 1610. The fraction of sp³-hybridized carbons (Fsp3) is 0.571. The summed E-state index contributed by atoms with van der Waals surface area (Å²) in [7, 11) is 0. The first-order valence-electron chi connectivity index (χ1n) is 17.4. The minimum Gasteiger partial charge on any atom is -0.481 e. The fourth-order valence-electron chi connectivity index (χ4n) is 6.03. The van der Waals surface area contributed by atoms with E-state index < -0.39 is 90.8 Å². The Balaban J connectivity index is 1.76. The summed E-state index contributed by atoms with van der Waals surface area (Å²) in [5.74, 6) is -6.65. The summed E-state index contributed by atoms with van der Waals surface area (Å²) in [4.78, 5) is 94.6. The van der Waals surface area contributed by atoms with E-state index in [1.54, 1.807) is 32.2 Å². The molecule has 1 saturated heterocycles. The fourth-order valence-corrected chi connectivity index (χ4v) is 6.03. The van der Waals surface area contributed by atoms with Gasteiger partial charge in [0.2, 0.25) is 29.5 Å². The van der Waals surface area contributed by atoms with Crippen molar-refractivity contribution < 1.29 is 48.9 Å². The molecule has 1 aliphatic rings. The van der Waals surface area contributed by atoms with Gasteiger partial charge in [0.05, 0.1) is 12.6 Å². The number of aliphatic hydroxyl groups is 1. The summed E-state index contributed by atoms with van der Waals surface area (Å²) in [6.07, 6.45) is 1.44. The van der Waals surface area contributed by atoms with Crippen LogP contribution in [0.1, 0.15) is 65.4 Å². The number of hydrogen-bond acceptors (Lipinski definition) is 9. The Morgan fingerprint density at radius 3 is 2.13 bits per heavy atom. The average Bonchev–Trinajstić information content (AvgIpc) is 3.75. The summed E-state index contributed by atoms with van der Waals surface area (Å²) in [5.41, 5.74) is 7.27. The summed E-state index contributed by atoms with van der Waals surface area (Å²) >= 11 is 0. The van der Waals surface area contributed by atoms with Crippen LogP contribution in [0.5, 0.6) is 0 Å². The normalized spacial score (nSPS) is 17.2. The smallest absolute Gasteiger partial charge is 0.326 e. The van der Waals surface area contributed by atoms with Crippen molar-refractivity contribution >= 4 is 52.4 Å². The number of benzene rings is 1. The highest BCUT2D eigenvalue weighted by molar-refractivity contribution is 5.97. The number of nitrogens with zero attached hydrogens (tertiary/aromatic N) is 1. The highest BCUT2D eigenvalue weighted by atomic mass is 16.4. The zero-order valence-corrected chi connectivity index (χ0v) is 29.9. The molecule has 17 nitrogen and oxygen atoms in total. The van der Waals surface area contributed by atoms with E-state index in [-0.39, 0.29) is 44.1 Å². The number of fused-ring (bicyclic) bond motifs is 1. The third-order valence-corrected chi connectivity index (χ3v) is 8.99. The minimum atomic E-state index is -1.44. The number of carbonyl (C=O) groups is 7. The number of carboxylic acids is 2. The number of nitrogens with two attached hydrogens (primary N) is 1. The number of hydrogen-bond donors (Lipinski definition) is 9. The van der Waals surface area contributed by atoms with Gasteiger partial charge in [-0.2, -0.15) is 0 Å². The second kappa shape index (κ2) is 19.0. The van der Waals surface area contributed by atoms with E-state index in [1.807, 2.05) is 26.0 Å². The minimum absolute atomic E-state index is 0.0934. The quantitative estimate of drug-likeness (QED) is 0.0898. The monoisotopic (exact) mass is 729 g/mol. The molecule has 1 fully saturated rings. The molecule has 6 atom stereocenters. The molecule has 1 aromatic carbocycles. The van der Waals surface area contributed by atoms with Crippen LogP contribution in [0, 0.1) is 11.8 Å². The Kier molecular flexibility index (Phi) is 15.1. The van der Waals surface area contributed by atoms with Gasteiger partial charge in [-0.1, -0.05) is 45.9 Å². The van der Waals surface area contributed by atoms with Crippen LogP contribution < -0.4 is 27.0 Å². The maximum atomic E-state index is 13.9. The number of aromatic amines is 1. The lowest BCUT2D eigenvalue weighted by Crippen LogP contribution is -2.60. The van der Waals surface area contributed by atoms with Gasteiger partial charge in [0.15, 0.2) is 0 Å². The van der Waals surface area contributed by atoms with Crippen molar-refractivity contribution in [3.8, 4) is 0 Å². The molecule has 2 heterocycles. The van der Waals surface area contributed by atoms with E-state index in [9.17, 15) is 48.9 Å². The molecule has 1 aliphatic heterocycles. The molecule has 0 unspecified atom stereocenters. The molecule has 3 rings (SSSR count). The van der Waals surface area contributed by atoms with Gasteiger partial charge in [-0.3, -0.25) is 28.8 Å². The standard InChI is InChI=1S/C35H51N7O10/c1-18(2)14-24(39-31(47)26(17-43)41-33(49)29(36)19(3)4)34(50)42-13-7-10-27(42)32(48)38-23(11-12-28(44)45)30(46)40-25(35(51)52)15-20-16-37-22-9-6-5-8-21(20)22/h5-6,8-9,16,18-19,23-27,29,37,43H,7,10-15,17,36H2,1-4H3,(H,38,48)(H,39,47)(H,40,46)(H,41,49)(H,44,45)(H,51,52)/t23-,24-,25-,26-,27-,29-/m0/s1. The summed E-state index contributed by atoms with van der Waals surface area (Å²) in [6, 6.07) is -0.182. The molecule has 52 heavy (non-hydrogen) atoms. The lowest BCUT2D eigenvalue weighted by Gasteiger charge is -2.31. The van der Waals surface area contributed by atoms with Gasteiger partial charge in [-0.15, -0.1) is 0 Å². The van der Waals surface area contributed by atoms with Crippen molar-refractivity contribution in [2.24, 2.45) is 17.6 Å². The number of likely N-dealkylation sites (tertiary alicyclic amines) is 1. The predicted octanol–water partition coefficient (Wildman–Crippen LogP) is -0.388. The zero-order valence-electron chi connectivity index (χ0n) is 29.9. The second-order valence-electron chi connectivity index (χ2n) is 13.9. The second-order valence-corrected chi connectivity index (χ2v) is 13.9.